The highest BCUT2D eigenvalue weighted by Gasteiger charge is 2.31. The molecule has 1 heterocycles. The van der Waals surface area contributed by atoms with E-state index in [1.807, 2.05) is 40.7 Å². The first-order valence-electron chi connectivity index (χ1n) is 14.6. The summed E-state index contributed by atoms with van der Waals surface area (Å²) in [6.45, 7) is 6.58. The van der Waals surface area contributed by atoms with E-state index in [1.165, 1.54) is 11.1 Å². The van der Waals surface area contributed by atoms with Crippen LogP contribution in [-0.2, 0) is 30.5 Å². The fourth-order valence-electron chi connectivity index (χ4n) is 5.37. The Labute approximate surface area is 252 Å². The van der Waals surface area contributed by atoms with Crippen molar-refractivity contribution in [1.29, 1.82) is 0 Å². The van der Waals surface area contributed by atoms with Gasteiger partial charge < -0.3 is 14.6 Å². The minimum Gasteiger partial charge on any atom is -0.454 e. The summed E-state index contributed by atoms with van der Waals surface area (Å²) in [7, 11) is -1.49. The second-order valence-electron chi connectivity index (χ2n) is 11.2. The molecule has 0 saturated heterocycles. The number of rotatable bonds is 14. The fraction of sp³-hybridized carbons (Fsp3) is 0.314. The zero-order valence-electron chi connectivity index (χ0n) is 24.3. The molecular formula is C35H40N2O4S. The van der Waals surface area contributed by atoms with Crippen molar-refractivity contribution in [3.63, 3.8) is 0 Å². The van der Waals surface area contributed by atoms with Crippen molar-refractivity contribution in [2.75, 3.05) is 19.9 Å². The van der Waals surface area contributed by atoms with Crippen LogP contribution < -0.4 is 9.47 Å². The number of fused-ring (bicyclic) bond motifs is 1. The van der Waals surface area contributed by atoms with Gasteiger partial charge in [-0.25, -0.2) is 8.51 Å². The van der Waals surface area contributed by atoms with Crippen LogP contribution in [0.3, 0.4) is 0 Å². The number of nitrogens with zero attached hydrogens (tertiary/aromatic N) is 2. The summed E-state index contributed by atoms with van der Waals surface area (Å²) < 4.78 is 26.9. The number of aliphatic hydroxyl groups is 1. The monoisotopic (exact) mass is 584 g/mol. The van der Waals surface area contributed by atoms with Crippen LogP contribution in [0.15, 0.2) is 114 Å². The Hall–Kier alpha value is -3.49. The first-order chi connectivity index (χ1) is 20.5. The predicted molar refractivity (Wildman–Crippen MR) is 167 cm³/mol. The van der Waals surface area contributed by atoms with Gasteiger partial charge in [-0.3, -0.25) is 4.90 Å². The summed E-state index contributed by atoms with van der Waals surface area (Å²) in [5, 5.41) is 12.1. The van der Waals surface area contributed by atoms with Gasteiger partial charge in [0.05, 0.1) is 11.0 Å². The van der Waals surface area contributed by atoms with E-state index in [1.54, 1.807) is 12.1 Å². The van der Waals surface area contributed by atoms with Gasteiger partial charge in [0.1, 0.15) is 11.0 Å². The lowest BCUT2D eigenvalue weighted by Gasteiger charge is -2.37. The lowest BCUT2D eigenvalue weighted by atomic mass is 9.97. The molecule has 1 aliphatic heterocycles. The molecule has 0 aromatic heterocycles. The van der Waals surface area contributed by atoms with Gasteiger partial charge in [0, 0.05) is 38.3 Å². The predicted octanol–water partition coefficient (Wildman–Crippen LogP) is 6.07. The molecule has 0 amide bonds. The maximum absolute atomic E-state index is 14.0. The van der Waals surface area contributed by atoms with Crippen LogP contribution in [0, 0.1) is 5.92 Å². The summed E-state index contributed by atoms with van der Waals surface area (Å²) in [6.07, 6.45) is -0.109. The Balaban J connectivity index is 1.45. The third-order valence-corrected chi connectivity index (χ3v) is 8.82. The van der Waals surface area contributed by atoms with E-state index in [-0.39, 0.29) is 25.3 Å². The molecule has 0 saturated carbocycles. The zero-order valence-corrected chi connectivity index (χ0v) is 25.2. The van der Waals surface area contributed by atoms with Crippen molar-refractivity contribution < 1.29 is 18.8 Å². The van der Waals surface area contributed by atoms with Crippen LogP contribution in [0.1, 0.15) is 30.5 Å². The van der Waals surface area contributed by atoms with Crippen molar-refractivity contribution >= 4 is 11.0 Å². The molecule has 5 rings (SSSR count). The van der Waals surface area contributed by atoms with E-state index >= 15 is 0 Å². The molecule has 0 aliphatic carbocycles. The Morgan fingerprint density at radius 1 is 0.738 bits per heavy atom. The molecule has 4 aromatic rings. The van der Waals surface area contributed by atoms with Crippen LogP contribution in [0.25, 0.3) is 0 Å². The Kier molecular flexibility index (Phi) is 10.4. The third kappa shape index (κ3) is 8.07. The smallest absolute Gasteiger partial charge is 0.231 e. The average molecular weight is 585 g/mol. The first kappa shape index (κ1) is 30.0. The molecule has 4 aromatic carbocycles. The van der Waals surface area contributed by atoms with E-state index in [0.29, 0.717) is 42.4 Å². The molecule has 7 heteroatoms. The van der Waals surface area contributed by atoms with Crippen LogP contribution >= 0.6 is 0 Å². The summed E-state index contributed by atoms with van der Waals surface area (Å²) >= 11 is 0. The zero-order chi connectivity index (χ0) is 29.3. The van der Waals surface area contributed by atoms with Crippen molar-refractivity contribution in [3.8, 4) is 11.5 Å². The fourth-order valence-corrected chi connectivity index (χ4v) is 6.78. The molecule has 220 valence electrons. The van der Waals surface area contributed by atoms with Gasteiger partial charge >= 0.3 is 0 Å². The number of benzene rings is 4. The largest absolute Gasteiger partial charge is 0.454 e. The summed E-state index contributed by atoms with van der Waals surface area (Å²) in [4.78, 5) is 3.00. The number of hydrogen-bond donors (Lipinski definition) is 1. The van der Waals surface area contributed by atoms with E-state index in [9.17, 15) is 9.32 Å². The van der Waals surface area contributed by atoms with Crippen molar-refractivity contribution in [3.05, 3.63) is 126 Å². The lowest BCUT2D eigenvalue weighted by Crippen LogP contribution is -2.50. The Bertz CT molecular complexity index is 1380. The second-order valence-corrected chi connectivity index (χ2v) is 12.7. The van der Waals surface area contributed by atoms with Crippen molar-refractivity contribution in [2.24, 2.45) is 5.92 Å². The quantitative estimate of drug-likeness (QED) is 0.195. The molecule has 42 heavy (non-hydrogen) atoms. The van der Waals surface area contributed by atoms with Crippen LogP contribution in [0.4, 0.5) is 0 Å². The molecule has 1 aliphatic rings. The summed E-state index contributed by atoms with van der Waals surface area (Å²) in [6, 6.07) is 36.3. The molecule has 0 fully saturated rings. The summed E-state index contributed by atoms with van der Waals surface area (Å²) in [5.41, 5.74) is 3.52. The highest BCUT2D eigenvalue weighted by atomic mass is 32.2. The maximum Gasteiger partial charge on any atom is 0.231 e. The first-order valence-corrected chi connectivity index (χ1v) is 15.7. The summed E-state index contributed by atoms with van der Waals surface area (Å²) in [5.74, 6) is 1.52. The van der Waals surface area contributed by atoms with Crippen LogP contribution in [0.2, 0.25) is 0 Å². The average Bonchev–Trinajstić information content (AvgIpc) is 3.48. The molecule has 2 unspecified atom stereocenters. The highest BCUT2D eigenvalue weighted by molar-refractivity contribution is 7.82. The number of aliphatic hydroxyl groups excluding tert-OH is 1. The molecule has 6 nitrogen and oxygen atoms in total. The van der Waals surface area contributed by atoms with Gasteiger partial charge in [0.15, 0.2) is 11.5 Å². The molecule has 3 atom stereocenters. The standard InChI is InChI=1S/C35H40N2O4S/c1-27(2)22-37(42(39)31-18-19-34-35(21-31)41-26-40-34)25-33(38)32(20-28-12-6-3-7-13-28)36(23-29-14-8-4-9-15-29)24-30-16-10-5-11-17-30/h3-19,21,27,32-33,38H,20,22-26H2,1-2H3/t32-,33?,42?/m0/s1. The van der Waals surface area contributed by atoms with E-state index in [2.05, 4.69) is 79.4 Å². The lowest BCUT2D eigenvalue weighted by molar-refractivity contribution is 0.0280. The van der Waals surface area contributed by atoms with Crippen LogP contribution in [0.5, 0.6) is 11.5 Å². The molecule has 1 N–H and O–H groups in total. The van der Waals surface area contributed by atoms with Gasteiger partial charge in [0.2, 0.25) is 6.79 Å². The molecule has 0 spiro atoms. The second kappa shape index (κ2) is 14.6. The third-order valence-electron chi connectivity index (χ3n) is 7.40. The van der Waals surface area contributed by atoms with E-state index < -0.39 is 17.1 Å². The van der Waals surface area contributed by atoms with Gasteiger partial charge in [0.25, 0.3) is 0 Å². The topological polar surface area (TPSA) is 62.2 Å². The number of hydrogen-bond acceptors (Lipinski definition) is 5. The van der Waals surface area contributed by atoms with Gasteiger partial charge in [-0.2, -0.15) is 0 Å². The van der Waals surface area contributed by atoms with Gasteiger partial charge in [-0.05, 0) is 41.2 Å². The maximum atomic E-state index is 14.0. The van der Waals surface area contributed by atoms with Crippen molar-refractivity contribution in [2.45, 2.75) is 50.4 Å². The Morgan fingerprint density at radius 2 is 1.29 bits per heavy atom. The van der Waals surface area contributed by atoms with Crippen molar-refractivity contribution in [1.82, 2.24) is 9.21 Å². The molecule has 0 radical (unpaired) electrons. The molecule has 0 bridgehead atoms. The highest BCUT2D eigenvalue weighted by Crippen LogP contribution is 2.34. The van der Waals surface area contributed by atoms with E-state index in [0.717, 1.165) is 5.56 Å². The van der Waals surface area contributed by atoms with Gasteiger partial charge in [-0.15, -0.1) is 0 Å². The van der Waals surface area contributed by atoms with Crippen LogP contribution in [-0.4, -0.2) is 50.5 Å². The minimum absolute atomic E-state index is 0.166. The molecular weight excluding hydrogens is 544 g/mol. The SMILES string of the molecule is CC(C)CN(CC(O)[C@H](Cc1ccccc1)N(Cc1ccccc1)Cc1ccccc1)S(=O)c1ccc2c(c1)OCO2. The van der Waals surface area contributed by atoms with E-state index in [4.69, 9.17) is 9.47 Å². The van der Waals surface area contributed by atoms with Gasteiger partial charge in [-0.1, -0.05) is 105 Å². The Morgan fingerprint density at radius 3 is 1.86 bits per heavy atom. The minimum atomic E-state index is -1.49. The number of ether oxygens (including phenoxy) is 2. The normalized spacial score (nSPS) is 14.8.